The lowest BCUT2D eigenvalue weighted by atomic mass is 10.1. The lowest BCUT2D eigenvalue weighted by Gasteiger charge is -2.15. The Morgan fingerprint density at radius 3 is 2.86 bits per heavy atom. The smallest absolute Gasteiger partial charge is 0.120 e. The molecule has 0 spiro atoms. The van der Waals surface area contributed by atoms with Crippen molar-refractivity contribution in [2.45, 2.75) is 32.7 Å². The molecule has 0 amide bonds. The molecular formula is C12H19NO. The SMILES string of the molecule is CC(NCC(C)C1CC1)c1ccco1. The van der Waals surface area contributed by atoms with Crippen LogP contribution in [0.25, 0.3) is 0 Å². The van der Waals surface area contributed by atoms with Gasteiger partial charge < -0.3 is 9.73 Å². The van der Waals surface area contributed by atoms with Crippen LogP contribution in [0, 0.1) is 11.8 Å². The summed E-state index contributed by atoms with van der Waals surface area (Å²) in [5.41, 5.74) is 0. The van der Waals surface area contributed by atoms with Crippen LogP contribution in [0.1, 0.15) is 38.5 Å². The minimum Gasteiger partial charge on any atom is -0.468 e. The summed E-state index contributed by atoms with van der Waals surface area (Å²) in [6.45, 7) is 5.59. The van der Waals surface area contributed by atoms with Crippen LogP contribution in [0.5, 0.6) is 0 Å². The van der Waals surface area contributed by atoms with Gasteiger partial charge in [0.15, 0.2) is 0 Å². The Labute approximate surface area is 85.7 Å². The molecule has 0 saturated heterocycles. The molecule has 1 aliphatic rings. The Hall–Kier alpha value is -0.760. The molecule has 2 atom stereocenters. The second kappa shape index (κ2) is 4.18. The standard InChI is InChI=1S/C12H19NO/c1-9(11-5-6-11)8-13-10(2)12-4-3-7-14-12/h3-4,7,9-11,13H,5-6,8H2,1-2H3. The molecule has 0 aromatic carbocycles. The first-order valence-electron chi connectivity index (χ1n) is 5.54. The molecule has 78 valence electrons. The summed E-state index contributed by atoms with van der Waals surface area (Å²) in [5.74, 6) is 2.83. The van der Waals surface area contributed by atoms with E-state index in [1.807, 2.05) is 12.1 Å². The summed E-state index contributed by atoms with van der Waals surface area (Å²) >= 11 is 0. The molecule has 2 rings (SSSR count). The van der Waals surface area contributed by atoms with E-state index >= 15 is 0 Å². The van der Waals surface area contributed by atoms with Gasteiger partial charge in [-0.15, -0.1) is 0 Å². The number of hydrogen-bond acceptors (Lipinski definition) is 2. The van der Waals surface area contributed by atoms with E-state index in [4.69, 9.17) is 4.42 Å². The Morgan fingerprint density at radius 2 is 2.29 bits per heavy atom. The zero-order valence-electron chi connectivity index (χ0n) is 8.99. The molecule has 1 fully saturated rings. The molecule has 0 radical (unpaired) electrons. The second-order valence-corrected chi connectivity index (χ2v) is 4.46. The summed E-state index contributed by atoms with van der Waals surface area (Å²) in [6, 6.07) is 4.31. The van der Waals surface area contributed by atoms with E-state index in [1.165, 1.54) is 12.8 Å². The highest BCUT2D eigenvalue weighted by atomic mass is 16.3. The molecule has 0 bridgehead atoms. The zero-order valence-corrected chi connectivity index (χ0v) is 8.99. The molecule has 2 unspecified atom stereocenters. The summed E-state index contributed by atoms with van der Waals surface area (Å²) < 4.78 is 5.34. The van der Waals surface area contributed by atoms with Gasteiger partial charge in [-0.1, -0.05) is 6.92 Å². The van der Waals surface area contributed by atoms with Crippen molar-refractivity contribution in [1.82, 2.24) is 5.32 Å². The molecule has 1 N–H and O–H groups in total. The van der Waals surface area contributed by atoms with Gasteiger partial charge in [-0.25, -0.2) is 0 Å². The van der Waals surface area contributed by atoms with Gasteiger partial charge in [0.05, 0.1) is 12.3 Å². The van der Waals surface area contributed by atoms with Crippen molar-refractivity contribution < 1.29 is 4.42 Å². The fraction of sp³-hybridized carbons (Fsp3) is 0.667. The first-order chi connectivity index (χ1) is 6.77. The summed E-state index contributed by atoms with van der Waals surface area (Å²) in [6.07, 6.45) is 4.59. The molecule has 1 aliphatic carbocycles. The van der Waals surface area contributed by atoms with Gasteiger partial charge in [-0.3, -0.25) is 0 Å². The van der Waals surface area contributed by atoms with Crippen LogP contribution in [0.2, 0.25) is 0 Å². The first kappa shape index (κ1) is 9.78. The van der Waals surface area contributed by atoms with Gasteiger partial charge in [-0.2, -0.15) is 0 Å². The van der Waals surface area contributed by atoms with Gasteiger partial charge in [0.2, 0.25) is 0 Å². The predicted molar refractivity (Wildman–Crippen MR) is 57.0 cm³/mol. The van der Waals surface area contributed by atoms with Crippen molar-refractivity contribution in [2.24, 2.45) is 11.8 Å². The Kier molecular flexibility index (Phi) is 2.92. The highest BCUT2D eigenvalue weighted by Gasteiger charge is 2.27. The third kappa shape index (κ3) is 2.38. The Bertz CT molecular complexity index is 264. The van der Waals surface area contributed by atoms with Crippen LogP contribution >= 0.6 is 0 Å². The van der Waals surface area contributed by atoms with Crippen molar-refractivity contribution in [1.29, 1.82) is 0 Å². The second-order valence-electron chi connectivity index (χ2n) is 4.46. The predicted octanol–water partition coefficient (Wildman–Crippen LogP) is 2.98. The van der Waals surface area contributed by atoms with Crippen molar-refractivity contribution in [3.8, 4) is 0 Å². The quantitative estimate of drug-likeness (QED) is 0.777. The lowest BCUT2D eigenvalue weighted by Crippen LogP contribution is -2.25. The van der Waals surface area contributed by atoms with Crippen molar-refractivity contribution in [3.63, 3.8) is 0 Å². The minimum atomic E-state index is 0.339. The topological polar surface area (TPSA) is 25.2 Å². The molecule has 1 aromatic heterocycles. The van der Waals surface area contributed by atoms with Gasteiger partial charge >= 0.3 is 0 Å². The van der Waals surface area contributed by atoms with Crippen LogP contribution in [-0.2, 0) is 0 Å². The molecule has 1 saturated carbocycles. The zero-order chi connectivity index (χ0) is 9.97. The average molecular weight is 193 g/mol. The Morgan fingerprint density at radius 1 is 1.50 bits per heavy atom. The number of nitrogens with one attached hydrogen (secondary N) is 1. The van der Waals surface area contributed by atoms with Crippen LogP contribution in [0.15, 0.2) is 22.8 Å². The number of hydrogen-bond donors (Lipinski definition) is 1. The highest BCUT2D eigenvalue weighted by Crippen LogP contribution is 2.36. The van der Waals surface area contributed by atoms with Gasteiger partial charge in [0, 0.05) is 0 Å². The maximum absolute atomic E-state index is 5.34. The summed E-state index contributed by atoms with van der Waals surface area (Å²) in [7, 11) is 0. The van der Waals surface area contributed by atoms with E-state index in [0.29, 0.717) is 6.04 Å². The van der Waals surface area contributed by atoms with E-state index < -0.39 is 0 Å². The normalized spacial score (nSPS) is 20.7. The van der Waals surface area contributed by atoms with Gasteiger partial charge in [0.25, 0.3) is 0 Å². The molecule has 14 heavy (non-hydrogen) atoms. The average Bonchev–Trinajstić information content (AvgIpc) is 2.90. The number of furan rings is 1. The maximum atomic E-state index is 5.34. The van der Waals surface area contributed by atoms with E-state index in [2.05, 4.69) is 19.2 Å². The summed E-state index contributed by atoms with van der Waals surface area (Å²) in [5, 5.41) is 3.51. The van der Waals surface area contributed by atoms with Crippen LogP contribution in [0.4, 0.5) is 0 Å². The molecule has 1 aromatic rings. The van der Waals surface area contributed by atoms with Crippen LogP contribution < -0.4 is 5.32 Å². The third-order valence-electron chi connectivity index (χ3n) is 3.14. The summed E-state index contributed by atoms with van der Waals surface area (Å²) in [4.78, 5) is 0. The first-order valence-corrected chi connectivity index (χ1v) is 5.54. The van der Waals surface area contributed by atoms with Crippen molar-refractivity contribution >= 4 is 0 Å². The van der Waals surface area contributed by atoms with Crippen molar-refractivity contribution in [3.05, 3.63) is 24.2 Å². The molecule has 2 heteroatoms. The fourth-order valence-corrected chi connectivity index (χ4v) is 1.83. The van der Waals surface area contributed by atoms with Crippen LogP contribution in [0.3, 0.4) is 0 Å². The van der Waals surface area contributed by atoms with E-state index in [9.17, 15) is 0 Å². The van der Waals surface area contributed by atoms with Crippen molar-refractivity contribution in [2.75, 3.05) is 6.54 Å². The molecule has 0 aliphatic heterocycles. The number of rotatable bonds is 5. The largest absolute Gasteiger partial charge is 0.468 e. The molecular weight excluding hydrogens is 174 g/mol. The minimum absolute atomic E-state index is 0.339. The fourth-order valence-electron chi connectivity index (χ4n) is 1.83. The van der Waals surface area contributed by atoms with E-state index in [-0.39, 0.29) is 0 Å². The van der Waals surface area contributed by atoms with Gasteiger partial charge in [0.1, 0.15) is 5.76 Å². The lowest BCUT2D eigenvalue weighted by molar-refractivity contribution is 0.387. The third-order valence-corrected chi connectivity index (χ3v) is 3.14. The molecule has 2 nitrogen and oxygen atoms in total. The highest BCUT2D eigenvalue weighted by molar-refractivity contribution is 5.02. The maximum Gasteiger partial charge on any atom is 0.120 e. The van der Waals surface area contributed by atoms with Gasteiger partial charge in [-0.05, 0) is 50.3 Å². The molecule has 1 heterocycles. The Balaban J connectivity index is 1.74. The monoisotopic (exact) mass is 193 g/mol. The van der Waals surface area contributed by atoms with Crippen LogP contribution in [-0.4, -0.2) is 6.54 Å². The van der Waals surface area contributed by atoms with E-state index in [0.717, 1.165) is 24.1 Å². The van der Waals surface area contributed by atoms with E-state index in [1.54, 1.807) is 6.26 Å².